The van der Waals surface area contributed by atoms with Crippen molar-refractivity contribution in [2.45, 2.75) is 38.8 Å². The Labute approximate surface area is 121 Å². The maximum atomic E-state index is 6.09. The largest absolute Gasteiger partial charge is 0.383 e. The van der Waals surface area contributed by atoms with E-state index in [1.54, 1.807) is 7.11 Å². The van der Waals surface area contributed by atoms with Crippen LogP contribution in [0.4, 0.5) is 0 Å². The molecule has 1 rings (SSSR count). The number of hydrogen-bond donors (Lipinski definition) is 1. The van der Waals surface area contributed by atoms with Crippen molar-refractivity contribution in [3.8, 4) is 0 Å². The van der Waals surface area contributed by atoms with Crippen LogP contribution >= 0.6 is 11.3 Å². The third kappa shape index (κ3) is 3.78. The summed E-state index contributed by atoms with van der Waals surface area (Å²) in [5.74, 6) is 0.452. The van der Waals surface area contributed by atoms with E-state index < -0.39 is 0 Å². The number of nitrogens with two attached hydrogens (primary N) is 1. The first kappa shape index (κ1) is 16.6. The second-order valence-corrected chi connectivity index (χ2v) is 6.67. The van der Waals surface area contributed by atoms with Crippen molar-refractivity contribution in [2.75, 3.05) is 27.3 Å². The molecule has 1 heterocycles. The Morgan fingerprint density at radius 1 is 1.42 bits per heavy atom. The first-order valence-electron chi connectivity index (χ1n) is 6.92. The van der Waals surface area contributed by atoms with Crippen LogP contribution in [-0.2, 0) is 11.2 Å². The molecule has 0 aliphatic rings. The van der Waals surface area contributed by atoms with Crippen LogP contribution in [0.25, 0.3) is 0 Å². The fourth-order valence-corrected chi connectivity index (χ4v) is 3.49. The second-order valence-electron chi connectivity index (χ2n) is 5.64. The highest BCUT2D eigenvalue weighted by Crippen LogP contribution is 2.27. The van der Waals surface area contributed by atoms with E-state index in [4.69, 9.17) is 10.5 Å². The predicted octanol–water partition coefficient (Wildman–Crippen LogP) is 2.61. The van der Waals surface area contributed by atoms with Crippen molar-refractivity contribution in [1.29, 1.82) is 0 Å². The van der Waals surface area contributed by atoms with Gasteiger partial charge in [-0.3, -0.25) is 4.90 Å². The first-order valence-corrected chi connectivity index (χ1v) is 7.80. The molecular weight excluding hydrogens is 256 g/mol. The number of ether oxygens (including phenoxy) is 1. The van der Waals surface area contributed by atoms with Gasteiger partial charge in [0.1, 0.15) is 0 Å². The first-order chi connectivity index (χ1) is 8.97. The summed E-state index contributed by atoms with van der Waals surface area (Å²) in [6.45, 7) is 8.00. The molecule has 0 saturated heterocycles. The van der Waals surface area contributed by atoms with Gasteiger partial charge in [-0.25, -0.2) is 0 Å². The molecule has 0 radical (unpaired) electrons. The zero-order valence-corrected chi connectivity index (χ0v) is 13.7. The third-order valence-corrected chi connectivity index (χ3v) is 5.16. The minimum Gasteiger partial charge on any atom is -0.383 e. The number of rotatable bonds is 8. The van der Waals surface area contributed by atoms with E-state index in [-0.39, 0.29) is 5.54 Å². The van der Waals surface area contributed by atoms with Crippen LogP contribution in [-0.4, -0.2) is 43.8 Å². The van der Waals surface area contributed by atoms with Crippen molar-refractivity contribution < 1.29 is 4.74 Å². The molecule has 1 aromatic rings. The molecule has 3 nitrogen and oxygen atoms in total. The Bertz CT molecular complexity index is 353. The fourth-order valence-electron chi connectivity index (χ4n) is 2.66. The molecule has 2 unspecified atom stereocenters. The molecule has 19 heavy (non-hydrogen) atoms. The normalized spacial score (nSPS) is 16.8. The van der Waals surface area contributed by atoms with Crippen molar-refractivity contribution in [3.05, 3.63) is 22.4 Å². The SMILES string of the molecule is COCC(CN)(C(C)C)N(C)C(C)Cc1cccs1. The Morgan fingerprint density at radius 3 is 2.53 bits per heavy atom. The van der Waals surface area contributed by atoms with Gasteiger partial charge in [0, 0.05) is 24.6 Å². The van der Waals surface area contributed by atoms with Gasteiger partial charge in [0.25, 0.3) is 0 Å². The summed E-state index contributed by atoms with van der Waals surface area (Å²) in [7, 11) is 3.93. The molecule has 0 amide bonds. The Morgan fingerprint density at radius 2 is 2.11 bits per heavy atom. The van der Waals surface area contributed by atoms with Gasteiger partial charge in [0.15, 0.2) is 0 Å². The molecule has 2 atom stereocenters. The van der Waals surface area contributed by atoms with Gasteiger partial charge in [0.2, 0.25) is 0 Å². The molecule has 4 heteroatoms. The lowest BCUT2D eigenvalue weighted by atomic mass is 9.84. The van der Waals surface area contributed by atoms with E-state index in [1.807, 2.05) is 11.3 Å². The lowest BCUT2D eigenvalue weighted by Gasteiger charge is -2.47. The van der Waals surface area contributed by atoms with E-state index >= 15 is 0 Å². The molecule has 1 aromatic heterocycles. The number of thiophene rings is 1. The van der Waals surface area contributed by atoms with Crippen molar-refractivity contribution in [2.24, 2.45) is 11.7 Å². The lowest BCUT2D eigenvalue weighted by molar-refractivity contribution is -0.0204. The van der Waals surface area contributed by atoms with Gasteiger partial charge in [-0.1, -0.05) is 19.9 Å². The van der Waals surface area contributed by atoms with Crippen LogP contribution in [0.1, 0.15) is 25.6 Å². The molecule has 110 valence electrons. The van der Waals surface area contributed by atoms with Gasteiger partial charge in [-0.05, 0) is 37.8 Å². The summed E-state index contributed by atoms with van der Waals surface area (Å²) in [4.78, 5) is 3.83. The predicted molar refractivity (Wildman–Crippen MR) is 83.7 cm³/mol. The summed E-state index contributed by atoms with van der Waals surface area (Å²) in [6.07, 6.45) is 1.06. The van der Waals surface area contributed by atoms with Gasteiger partial charge in [-0.2, -0.15) is 0 Å². The van der Waals surface area contributed by atoms with Crippen LogP contribution in [0.2, 0.25) is 0 Å². The van der Waals surface area contributed by atoms with E-state index in [0.29, 0.717) is 25.1 Å². The van der Waals surface area contributed by atoms with Crippen molar-refractivity contribution >= 4 is 11.3 Å². The summed E-state index contributed by atoms with van der Waals surface area (Å²) >= 11 is 1.82. The monoisotopic (exact) mass is 284 g/mol. The minimum atomic E-state index is -0.0918. The quantitative estimate of drug-likeness (QED) is 0.797. The maximum absolute atomic E-state index is 6.09. The smallest absolute Gasteiger partial charge is 0.0661 e. The minimum absolute atomic E-state index is 0.0918. The van der Waals surface area contributed by atoms with Gasteiger partial charge in [-0.15, -0.1) is 11.3 Å². The van der Waals surface area contributed by atoms with E-state index in [2.05, 4.69) is 50.2 Å². The molecule has 2 N–H and O–H groups in total. The summed E-state index contributed by atoms with van der Waals surface area (Å²) in [5.41, 5.74) is 6.00. The van der Waals surface area contributed by atoms with E-state index in [0.717, 1.165) is 6.42 Å². The van der Waals surface area contributed by atoms with Gasteiger partial charge >= 0.3 is 0 Å². The lowest BCUT2D eigenvalue weighted by Crippen LogP contribution is -2.61. The van der Waals surface area contributed by atoms with Crippen LogP contribution in [0.15, 0.2) is 17.5 Å². The Kier molecular flexibility index (Phi) is 6.47. The zero-order valence-electron chi connectivity index (χ0n) is 12.8. The molecule has 0 aromatic carbocycles. The van der Waals surface area contributed by atoms with Crippen LogP contribution in [0.3, 0.4) is 0 Å². The molecule has 0 spiro atoms. The Balaban J connectivity index is 2.82. The maximum Gasteiger partial charge on any atom is 0.0661 e. The van der Waals surface area contributed by atoms with Gasteiger partial charge in [0.05, 0.1) is 12.1 Å². The third-order valence-electron chi connectivity index (χ3n) is 4.26. The highest BCUT2D eigenvalue weighted by Gasteiger charge is 2.38. The fraction of sp³-hybridized carbons (Fsp3) is 0.733. The summed E-state index contributed by atoms with van der Waals surface area (Å²) in [6, 6.07) is 4.76. The molecule has 0 aliphatic heterocycles. The average molecular weight is 284 g/mol. The summed E-state index contributed by atoms with van der Waals surface area (Å²) < 4.78 is 5.45. The van der Waals surface area contributed by atoms with Crippen LogP contribution in [0, 0.1) is 5.92 Å². The van der Waals surface area contributed by atoms with Crippen LogP contribution in [0.5, 0.6) is 0 Å². The molecule has 0 aliphatic carbocycles. The number of methoxy groups -OCH3 is 1. The molecule has 0 fully saturated rings. The van der Waals surface area contributed by atoms with Crippen molar-refractivity contribution in [3.63, 3.8) is 0 Å². The van der Waals surface area contributed by atoms with Crippen molar-refractivity contribution in [1.82, 2.24) is 4.90 Å². The average Bonchev–Trinajstić information content (AvgIpc) is 2.87. The number of hydrogen-bond acceptors (Lipinski definition) is 4. The number of likely N-dealkylation sites (N-methyl/N-ethyl adjacent to an activating group) is 1. The second kappa shape index (κ2) is 7.39. The molecule has 0 bridgehead atoms. The Hall–Kier alpha value is -0.420. The van der Waals surface area contributed by atoms with Crippen LogP contribution < -0.4 is 5.73 Å². The summed E-state index contributed by atoms with van der Waals surface area (Å²) in [5, 5.41) is 2.13. The standard InChI is InChI=1S/C15H28N2OS/c1-12(2)15(10-16,11-18-5)17(4)13(3)9-14-7-6-8-19-14/h6-8,12-13H,9-11,16H2,1-5H3. The number of nitrogens with zero attached hydrogens (tertiary/aromatic N) is 1. The highest BCUT2D eigenvalue weighted by molar-refractivity contribution is 7.09. The highest BCUT2D eigenvalue weighted by atomic mass is 32.1. The molecule has 0 saturated carbocycles. The topological polar surface area (TPSA) is 38.5 Å². The zero-order chi connectivity index (χ0) is 14.5. The van der Waals surface area contributed by atoms with Gasteiger partial charge < -0.3 is 10.5 Å². The van der Waals surface area contributed by atoms with E-state index in [1.165, 1.54) is 4.88 Å². The molecular formula is C15H28N2OS. The van der Waals surface area contributed by atoms with E-state index in [9.17, 15) is 0 Å².